The number of ketones is 1. The summed E-state index contributed by atoms with van der Waals surface area (Å²) in [6, 6.07) is 10.6. The van der Waals surface area contributed by atoms with Gasteiger partial charge in [-0.25, -0.2) is 0 Å². The van der Waals surface area contributed by atoms with E-state index in [2.05, 4.69) is 40.5 Å². The third-order valence-electron chi connectivity index (χ3n) is 4.64. The highest BCUT2D eigenvalue weighted by molar-refractivity contribution is 5.79. The Bertz CT molecular complexity index is 437. The van der Waals surface area contributed by atoms with Crippen LogP contribution < -0.4 is 5.32 Å². The molecular weight excluding hydrogens is 236 g/mol. The lowest BCUT2D eigenvalue weighted by Gasteiger charge is -2.39. The fourth-order valence-corrected chi connectivity index (χ4v) is 3.42. The number of carbonyl (C=O) groups excluding carboxylic acids is 1. The Kier molecular flexibility index (Phi) is 3.67. The monoisotopic (exact) mass is 258 g/mol. The predicted octanol–water partition coefficient (Wildman–Crippen LogP) is 1.97. The molecule has 19 heavy (non-hydrogen) atoms. The maximum Gasteiger partial charge on any atom is 0.134 e. The van der Waals surface area contributed by atoms with Gasteiger partial charge in [-0.1, -0.05) is 30.3 Å². The van der Waals surface area contributed by atoms with Gasteiger partial charge in [-0.05, 0) is 24.9 Å². The van der Waals surface area contributed by atoms with Crippen molar-refractivity contribution in [1.82, 2.24) is 10.2 Å². The largest absolute Gasteiger partial charge is 0.315 e. The maximum absolute atomic E-state index is 11.8. The van der Waals surface area contributed by atoms with Crippen LogP contribution in [0.3, 0.4) is 0 Å². The molecule has 0 aliphatic carbocycles. The van der Waals surface area contributed by atoms with Crippen molar-refractivity contribution in [1.29, 1.82) is 0 Å². The van der Waals surface area contributed by atoms with Gasteiger partial charge in [-0.15, -0.1) is 0 Å². The van der Waals surface area contributed by atoms with Gasteiger partial charge in [0.15, 0.2) is 0 Å². The molecule has 1 unspecified atom stereocenters. The number of hydrogen-bond donors (Lipinski definition) is 1. The summed E-state index contributed by atoms with van der Waals surface area (Å²) >= 11 is 0. The van der Waals surface area contributed by atoms with Gasteiger partial charge in [0.25, 0.3) is 0 Å². The number of carbonyl (C=O) groups is 1. The van der Waals surface area contributed by atoms with E-state index in [1.54, 1.807) is 0 Å². The molecule has 0 radical (unpaired) electrons. The van der Waals surface area contributed by atoms with Crippen LogP contribution in [0.4, 0.5) is 0 Å². The summed E-state index contributed by atoms with van der Waals surface area (Å²) in [7, 11) is 0. The topological polar surface area (TPSA) is 32.3 Å². The molecule has 2 aliphatic rings. The van der Waals surface area contributed by atoms with Crippen molar-refractivity contribution in [3.8, 4) is 0 Å². The Balaban J connectivity index is 1.81. The van der Waals surface area contributed by atoms with E-state index in [0.29, 0.717) is 12.2 Å². The highest BCUT2D eigenvalue weighted by Crippen LogP contribution is 2.32. The second-order valence-electron chi connectivity index (χ2n) is 5.85. The van der Waals surface area contributed by atoms with Gasteiger partial charge in [-0.3, -0.25) is 9.69 Å². The summed E-state index contributed by atoms with van der Waals surface area (Å²) in [4.78, 5) is 14.3. The van der Waals surface area contributed by atoms with E-state index in [1.165, 1.54) is 12.0 Å². The summed E-state index contributed by atoms with van der Waals surface area (Å²) < 4.78 is 0. The number of likely N-dealkylation sites (tertiary alicyclic amines) is 1. The second kappa shape index (κ2) is 5.43. The average molecular weight is 258 g/mol. The first-order valence-electron chi connectivity index (χ1n) is 7.30. The van der Waals surface area contributed by atoms with Gasteiger partial charge < -0.3 is 5.32 Å². The lowest BCUT2D eigenvalue weighted by atomic mass is 9.90. The Morgan fingerprint density at radius 2 is 2.00 bits per heavy atom. The van der Waals surface area contributed by atoms with Gasteiger partial charge in [0.1, 0.15) is 5.78 Å². The molecule has 3 rings (SSSR count). The first kappa shape index (κ1) is 12.8. The normalized spacial score (nSPS) is 28.7. The molecule has 0 aromatic heterocycles. The van der Waals surface area contributed by atoms with Crippen molar-refractivity contribution in [2.45, 2.75) is 37.8 Å². The molecule has 1 spiro atoms. The van der Waals surface area contributed by atoms with E-state index in [0.717, 1.165) is 39.0 Å². The Hall–Kier alpha value is -1.19. The van der Waals surface area contributed by atoms with Crippen LogP contribution in [0.2, 0.25) is 0 Å². The smallest absolute Gasteiger partial charge is 0.134 e. The molecule has 2 heterocycles. The molecule has 1 aromatic rings. The summed E-state index contributed by atoms with van der Waals surface area (Å²) in [5.41, 5.74) is 1.56. The highest BCUT2D eigenvalue weighted by atomic mass is 16.1. The zero-order chi connectivity index (χ0) is 13.1. The molecular formula is C16H22N2O. The van der Waals surface area contributed by atoms with Crippen molar-refractivity contribution >= 4 is 5.78 Å². The van der Waals surface area contributed by atoms with Gasteiger partial charge in [0, 0.05) is 38.0 Å². The molecule has 0 bridgehead atoms. The van der Waals surface area contributed by atoms with Crippen LogP contribution in [-0.2, 0) is 11.3 Å². The van der Waals surface area contributed by atoms with Gasteiger partial charge in [0.05, 0.1) is 0 Å². The van der Waals surface area contributed by atoms with Crippen LogP contribution in [0, 0.1) is 0 Å². The minimum Gasteiger partial charge on any atom is -0.315 e. The number of rotatable bonds is 2. The molecule has 2 saturated heterocycles. The minimum absolute atomic E-state index is 0.210. The summed E-state index contributed by atoms with van der Waals surface area (Å²) in [6.07, 6.45) is 3.67. The van der Waals surface area contributed by atoms with Crippen molar-refractivity contribution < 1.29 is 4.79 Å². The van der Waals surface area contributed by atoms with Crippen LogP contribution in [-0.4, -0.2) is 35.9 Å². The lowest BCUT2D eigenvalue weighted by Crippen LogP contribution is -2.49. The van der Waals surface area contributed by atoms with Gasteiger partial charge in [0.2, 0.25) is 0 Å². The number of nitrogens with zero attached hydrogens (tertiary/aromatic N) is 1. The lowest BCUT2D eigenvalue weighted by molar-refractivity contribution is -0.118. The van der Waals surface area contributed by atoms with E-state index >= 15 is 0 Å². The van der Waals surface area contributed by atoms with Crippen molar-refractivity contribution in [2.75, 3.05) is 19.6 Å². The second-order valence-corrected chi connectivity index (χ2v) is 5.85. The quantitative estimate of drug-likeness (QED) is 0.880. The average Bonchev–Trinajstić information content (AvgIpc) is 2.86. The summed E-state index contributed by atoms with van der Waals surface area (Å²) in [5.74, 6) is 0.432. The van der Waals surface area contributed by atoms with Crippen molar-refractivity contribution in [2.24, 2.45) is 0 Å². The zero-order valence-electron chi connectivity index (χ0n) is 11.4. The number of benzene rings is 1. The van der Waals surface area contributed by atoms with E-state index in [4.69, 9.17) is 0 Å². The van der Waals surface area contributed by atoms with E-state index in [1.807, 2.05) is 0 Å². The van der Waals surface area contributed by atoms with E-state index in [9.17, 15) is 4.79 Å². The Morgan fingerprint density at radius 3 is 2.74 bits per heavy atom. The van der Waals surface area contributed by atoms with Crippen LogP contribution in [0.5, 0.6) is 0 Å². The third-order valence-corrected chi connectivity index (χ3v) is 4.64. The number of hydrogen-bond acceptors (Lipinski definition) is 3. The standard InChI is InChI=1S/C16H22N2O/c19-15-6-8-16(9-10-17-13-16)18(11-7-15)12-14-4-2-1-3-5-14/h1-5,17H,6-13H2. The molecule has 3 nitrogen and oxygen atoms in total. The van der Waals surface area contributed by atoms with Crippen LogP contribution >= 0.6 is 0 Å². The fraction of sp³-hybridized carbons (Fsp3) is 0.562. The predicted molar refractivity (Wildman–Crippen MR) is 75.9 cm³/mol. The van der Waals surface area contributed by atoms with Crippen molar-refractivity contribution in [3.63, 3.8) is 0 Å². The van der Waals surface area contributed by atoms with Crippen LogP contribution in [0.15, 0.2) is 30.3 Å². The Labute approximate surface area is 115 Å². The molecule has 1 N–H and O–H groups in total. The Morgan fingerprint density at radius 1 is 1.16 bits per heavy atom. The minimum atomic E-state index is 0.210. The molecule has 1 atom stereocenters. The number of Topliss-reactive ketones (excluding diaryl/α,β-unsaturated/α-hetero) is 1. The van der Waals surface area contributed by atoms with Crippen molar-refractivity contribution in [3.05, 3.63) is 35.9 Å². The molecule has 1 aromatic carbocycles. The molecule has 2 fully saturated rings. The third kappa shape index (κ3) is 2.72. The summed E-state index contributed by atoms with van der Waals surface area (Å²) in [6.45, 7) is 4.00. The number of nitrogens with one attached hydrogen (secondary N) is 1. The molecule has 0 saturated carbocycles. The summed E-state index contributed by atoms with van der Waals surface area (Å²) in [5, 5.41) is 3.49. The molecule has 0 amide bonds. The maximum atomic E-state index is 11.8. The van der Waals surface area contributed by atoms with E-state index < -0.39 is 0 Å². The fourth-order valence-electron chi connectivity index (χ4n) is 3.42. The van der Waals surface area contributed by atoms with Gasteiger partial charge >= 0.3 is 0 Å². The first-order chi connectivity index (χ1) is 9.28. The highest BCUT2D eigenvalue weighted by Gasteiger charge is 2.41. The SMILES string of the molecule is O=C1CCN(Cc2ccccc2)C2(CCNC2)CC1. The van der Waals surface area contributed by atoms with Gasteiger partial charge in [-0.2, -0.15) is 0 Å². The molecule has 102 valence electrons. The van der Waals surface area contributed by atoms with E-state index in [-0.39, 0.29) is 5.54 Å². The van der Waals surface area contributed by atoms with Crippen LogP contribution in [0.1, 0.15) is 31.2 Å². The zero-order valence-corrected chi connectivity index (χ0v) is 11.4. The van der Waals surface area contributed by atoms with Crippen LogP contribution in [0.25, 0.3) is 0 Å². The first-order valence-corrected chi connectivity index (χ1v) is 7.30. The molecule has 2 aliphatic heterocycles. The molecule has 3 heteroatoms.